The minimum atomic E-state index is -0.343. The number of aryl methyl sites for hydroxylation is 1. The molecule has 0 amide bonds. The Morgan fingerprint density at radius 2 is 2.06 bits per heavy atom. The van der Waals surface area contributed by atoms with E-state index in [9.17, 15) is 4.39 Å². The first-order valence-electron chi connectivity index (χ1n) is 5.50. The normalized spacial score (nSPS) is 10.4. The molecule has 2 rings (SSSR count). The summed E-state index contributed by atoms with van der Waals surface area (Å²) in [6, 6.07) is 10.2. The molecule has 0 fully saturated rings. The van der Waals surface area contributed by atoms with Gasteiger partial charge in [0.25, 0.3) is 0 Å². The second-order valence-electron chi connectivity index (χ2n) is 4.03. The number of hydrogen-bond donors (Lipinski definition) is 1. The summed E-state index contributed by atoms with van der Waals surface area (Å²) in [5.74, 6) is -0.119. The van der Waals surface area contributed by atoms with Crippen molar-refractivity contribution in [1.29, 1.82) is 0 Å². The molecule has 0 aliphatic rings. The number of nitrogen functional groups attached to an aromatic ring is 1. The van der Waals surface area contributed by atoms with Crippen molar-refractivity contribution < 1.29 is 9.13 Å². The first-order chi connectivity index (χ1) is 8.58. The fourth-order valence-corrected chi connectivity index (χ4v) is 1.81. The molecule has 0 heterocycles. The molecule has 0 unspecified atom stereocenters. The van der Waals surface area contributed by atoms with E-state index in [0.717, 1.165) is 5.56 Å². The summed E-state index contributed by atoms with van der Waals surface area (Å²) < 4.78 is 19.1. The van der Waals surface area contributed by atoms with E-state index >= 15 is 0 Å². The number of benzene rings is 2. The monoisotopic (exact) mass is 265 g/mol. The lowest BCUT2D eigenvalue weighted by molar-refractivity contribution is 0.289. The van der Waals surface area contributed by atoms with Crippen LogP contribution in [0.5, 0.6) is 5.75 Å². The van der Waals surface area contributed by atoms with Gasteiger partial charge >= 0.3 is 0 Å². The van der Waals surface area contributed by atoms with Crippen molar-refractivity contribution in [3.63, 3.8) is 0 Å². The van der Waals surface area contributed by atoms with E-state index in [1.165, 1.54) is 0 Å². The van der Waals surface area contributed by atoms with Gasteiger partial charge in [0.05, 0.1) is 0 Å². The van der Waals surface area contributed by atoms with Crippen LogP contribution >= 0.6 is 11.6 Å². The van der Waals surface area contributed by atoms with Crippen LogP contribution in [-0.4, -0.2) is 0 Å². The van der Waals surface area contributed by atoms with E-state index in [1.807, 2.05) is 0 Å². The summed E-state index contributed by atoms with van der Waals surface area (Å²) in [5, 5.41) is 0.517. The zero-order chi connectivity index (χ0) is 13.1. The fraction of sp³-hybridized carbons (Fsp3) is 0.143. The molecule has 2 nitrogen and oxygen atoms in total. The first-order valence-corrected chi connectivity index (χ1v) is 5.87. The number of nitrogens with two attached hydrogens (primary N) is 1. The number of anilines is 1. The minimum Gasteiger partial charge on any atom is -0.486 e. The van der Waals surface area contributed by atoms with Crippen LogP contribution in [-0.2, 0) is 6.61 Å². The minimum absolute atomic E-state index is 0.208. The molecule has 0 atom stereocenters. The summed E-state index contributed by atoms with van der Waals surface area (Å²) >= 11 is 6.01. The molecule has 18 heavy (non-hydrogen) atoms. The quantitative estimate of drug-likeness (QED) is 0.853. The van der Waals surface area contributed by atoms with Crippen LogP contribution < -0.4 is 10.5 Å². The smallest absolute Gasteiger partial charge is 0.167 e. The third-order valence-electron chi connectivity index (χ3n) is 2.62. The van der Waals surface area contributed by atoms with Gasteiger partial charge < -0.3 is 10.5 Å². The maximum atomic E-state index is 13.7. The lowest BCUT2D eigenvalue weighted by atomic mass is 10.2. The molecule has 0 saturated heterocycles. The number of ether oxygens (including phenoxy) is 1. The Morgan fingerprint density at radius 1 is 1.28 bits per heavy atom. The van der Waals surface area contributed by atoms with Crippen molar-refractivity contribution in [2.45, 2.75) is 13.5 Å². The first kappa shape index (κ1) is 12.7. The molecule has 0 bridgehead atoms. The molecule has 0 aliphatic heterocycles. The molecule has 0 spiro atoms. The number of rotatable bonds is 3. The predicted molar refractivity (Wildman–Crippen MR) is 71.3 cm³/mol. The maximum absolute atomic E-state index is 13.7. The van der Waals surface area contributed by atoms with Crippen LogP contribution in [0.4, 0.5) is 10.1 Å². The van der Waals surface area contributed by atoms with E-state index in [4.69, 9.17) is 22.1 Å². The van der Waals surface area contributed by atoms with Crippen molar-refractivity contribution in [3.8, 4) is 5.75 Å². The largest absolute Gasteiger partial charge is 0.486 e. The van der Waals surface area contributed by atoms with Gasteiger partial charge in [-0.3, -0.25) is 0 Å². The van der Waals surface area contributed by atoms with Gasteiger partial charge in [-0.2, -0.15) is 0 Å². The van der Waals surface area contributed by atoms with E-state index in [0.29, 0.717) is 16.3 Å². The lowest BCUT2D eigenvalue weighted by Gasteiger charge is -2.10. The Kier molecular flexibility index (Phi) is 3.72. The van der Waals surface area contributed by atoms with Gasteiger partial charge in [0.2, 0.25) is 0 Å². The van der Waals surface area contributed by atoms with Crippen molar-refractivity contribution in [2.24, 2.45) is 0 Å². The van der Waals surface area contributed by atoms with Gasteiger partial charge in [-0.1, -0.05) is 29.8 Å². The Hall–Kier alpha value is -1.74. The fourth-order valence-electron chi connectivity index (χ4n) is 1.57. The summed E-state index contributed by atoms with van der Waals surface area (Å²) in [6.45, 7) is 1.90. The SMILES string of the molecule is Cc1cccc(OCc2ccc(N)cc2Cl)c1F. The van der Waals surface area contributed by atoms with Crippen molar-refractivity contribution in [1.82, 2.24) is 0 Å². The third kappa shape index (κ3) is 2.74. The highest BCUT2D eigenvalue weighted by atomic mass is 35.5. The van der Waals surface area contributed by atoms with Crippen LogP contribution in [0.15, 0.2) is 36.4 Å². The Labute approximate surface area is 110 Å². The van der Waals surface area contributed by atoms with Crippen LogP contribution in [0.2, 0.25) is 5.02 Å². The number of halogens is 2. The Bertz CT molecular complexity index is 572. The molecule has 0 aliphatic carbocycles. The molecule has 2 aromatic carbocycles. The van der Waals surface area contributed by atoms with Crippen molar-refractivity contribution in [2.75, 3.05) is 5.73 Å². The molecule has 2 aromatic rings. The van der Waals surface area contributed by atoms with Crippen molar-refractivity contribution in [3.05, 3.63) is 58.4 Å². The van der Waals surface area contributed by atoms with Crippen LogP contribution in [0.25, 0.3) is 0 Å². The second-order valence-corrected chi connectivity index (χ2v) is 4.43. The standard InChI is InChI=1S/C14H13ClFNO/c1-9-3-2-4-13(14(9)16)18-8-10-5-6-11(17)7-12(10)15/h2-7H,8,17H2,1H3. The van der Waals surface area contributed by atoms with Crippen LogP contribution in [0.3, 0.4) is 0 Å². The average Bonchev–Trinajstić information content (AvgIpc) is 2.33. The molecule has 0 saturated carbocycles. The van der Waals surface area contributed by atoms with Gasteiger partial charge in [0, 0.05) is 16.3 Å². The summed E-state index contributed by atoms with van der Waals surface area (Å²) in [6.07, 6.45) is 0. The molecule has 0 radical (unpaired) electrons. The van der Waals surface area contributed by atoms with Gasteiger partial charge in [-0.25, -0.2) is 4.39 Å². The van der Waals surface area contributed by atoms with Gasteiger partial charge in [0.15, 0.2) is 11.6 Å². The highest BCUT2D eigenvalue weighted by Crippen LogP contribution is 2.24. The van der Waals surface area contributed by atoms with Crippen molar-refractivity contribution >= 4 is 17.3 Å². The molecule has 0 aromatic heterocycles. The maximum Gasteiger partial charge on any atom is 0.167 e. The average molecular weight is 266 g/mol. The summed E-state index contributed by atoms with van der Waals surface area (Å²) in [5.41, 5.74) is 7.50. The van der Waals surface area contributed by atoms with Gasteiger partial charge in [0.1, 0.15) is 6.61 Å². The zero-order valence-corrected chi connectivity index (χ0v) is 10.7. The third-order valence-corrected chi connectivity index (χ3v) is 2.97. The second kappa shape index (κ2) is 5.27. The van der Waals surface area contributed by atoms with Gasteiger partial charge in [-0.15, -0.1) is 0 Å². The van der Waals surface area contributed by atoms with E-state index in [-0.39, 0.29) is 18.2 Å². The van der Waals surface area contributed by atoms with E-state index in [1.54, 1.807) is 43.3 Å². The molecule has 94 valence electrons. The summed E-state index contributed by atoms with van der Waals surface area (Å²) in [4.78, 5) is 0. The molecular weight excluding hydrogens is 253 g/mol. The van der Waals surface area contributed by atoms with Crippen LogP contribution in [0, 0.1) is 12.7 Å². The molecular formula is C14H13ClFNO. The summed E-state index contributed by atoms with van der Waals surface area (Å²) in [7, 11) is 0. The predicted octanol–water partition coefficient (Wildman–Crippen LogP) is 3.95. The molecule has 2 N–H and O–H groups in total. The Morgan fingerprint density at radius 3 is 2.78 bits per heavy atom. The highest BCUT2D eigenvalue weighted by molar-refractivity contribution is 6.31. The van der Waals surface area contributed by atoms with Crippen LogP contribution in [0.1, 0.15) is 11.1 Å². The molecule has 4 heteroatoms. The lowest BCUT2D eigenvalue weighted by Crippen LogP contribution is -1.99. The zero-order valence-electron chi connectivity index (χ0n) is 9.91. The topological polar surface area (TPSA) is 35.2 Å². The van der Waals surface area contributed by atoms with Gasteiger partial charge in [-0.05, 0) is 30.7 Å². The Balaban J connectivity index is 2.14. The number of hydrogen-bond acceptors (Lipinski definition) is 2. The van der Waals surface area contributed by atoms with E-state index < -0.39 is 0 Å². The van der Waals surface area contributed by atoms with E-state index in [2.05, 4.69) is 0 Å². The highest BCUT2D eigenvalue weighted by Gasteiger charge is 2.07.